The van der Waals surface area contributed by atoms with E-state index in [1.165, 1.54) is 45.4 Å². The van der Waals surface area contributed by atoms with E-state index in [0.717, 1.165) is 48.3 Å². The second-order valence-corrected chi connectivity index (χ2v) is 10.6. The van der Waals surface area contributed by atoms with E-state index in [2.05, 4.69) is 75.0 Å². The Balaban J connectivity index is 0.000000156. The predicted molar refractivity (Wildman–Crippen MR) is 116 cm³/mol. The number of fused-ring (bicyclic) bond motifs is 4. The molecule has 4 aliphatic heterocycles. The van der Waals surface area contributed by atoms with Crippen LogP contribution in [-0.4, -0.2) is 94.1 Å². The van der Waals surface area contributed by atoms with Crippen LogP contribution in [0.4, 0.5) is 0 Å². The Bertz CT molecular complexity index is 441. The molecule has 158 valence electrons. The Hall–Kier alpha value is -0.160. The average Bonchev–Trinajstić information content (AvgIpc) is 3.26. The summed E-state index contributed by atoms with van der Waals surface area (Å²) in [4.78, 5) is 10.7. The second-order valence-electron chi connectivity index (χ2n) is 10.6. The average molecular weight is 379 g/mol. The summed E-state index contributed by atoms with van der Waals surface area (Å²) >= 11 is 0. The maximum absolute atomic E-state index is 2.75. The number of hydrogen-bond donors (Lipinski definition) is 0. The van der Waals surface area contributed by atoms with Crippen LogP contribution in [-0.2, 0) is 0 Å². The molecule has 0 radical (unpaired) electrons. The van der Waals surface area contributed by atoms with Gasteiger partial charge in [0, 0.05) is 74.5 Å². The van der Waals surface area contributed by atoms with E-state index < -0.39 is 0 Å². The van der Waals surface area contributed by atoms with Crippen LogP contribution in [0.5, 0.6) is 0 Å². The van der Waals surface area contributed by atoms with E-state index in [4.69, 9.17) is 0 Å². The third-order valence-corrected chi connectivity index (χ3v) is 7.55. The molecule has 0 aromatic rings. The van der Waals surface area contributed by atoms with Crippen molar-refractivity contribution in [3.63, 3.8) is 0 Å². The van der Waals surface area contributed by atoms with E-state index in [1.807, 2.05) is 0 Å². The van der Waals surface area contributed by atoms with Crippen molar-refractivity contribution in [3.8, 4) is 0 Å². The highest BCUT2D eigenvalue weighted by atomic mass is 15.4. The number of rotatable bonds is 4. The highest BCUT2D eigenvalue weighted by Crippen LogP contribution is 2.33. The van der Waals surface area contributed by atoms with Gasteiger partial charge in [0.1, 0.15) is 0 Å². The minimum Gasteiger partial charge on any atom is -0.298 e. The molecule has 4 nitrogen and oxygen atoms in total. The molecule has 4 bridgehead atoms. The molecule has 27 heavy (non-hydrogen) atoms. The molecular weight excluding hydrogens is 332 g/mol. The summed E-state index contributed by atoms with van der Waals surface area (Å²) in [6.07, 6.45) is 4.26. The molecule has 0 saturated carbocycles. The van der Waals surface area contributed by atoms with E-state index in [9.17, 15) is 0 Å². The van der Waals surface area contributed by atoms with Gasteiger partial charge in [-0.25, -0.2) is 0 Å². The van der Waals surface area contributed by atoms with Crippen molar-refractivity contribution in [2.45, 2.75) is 123 Å². The molecule has 0 spiro atoms. The number of nitrogens with zero attached hydrogens (tertiary/aromatic N) is 4. The van der Waals surface area contributed by atoms with Crippen molar-refractivity contribution in [3.05, 3.63) is 0 Å². The van der Waals surface area contributed by atoms with Crippen molar-refractivity contribution in [2.75, 3.05) is 26.2 Å². The maximum Gasteiger partial charge on any atom is 0.0242 e. The molecule has 0 aromatic carbocycles. The van der Waals surface area contributed by atoms with Gasteiger partial charge in [-0.15, -0.1) is 0 Å². The summed E-state index contributed by atoms with van der Waals surface area (Å²) in [5.74, 6) is 0. The lowest BCUT2D eigenvalue weighted by Gasteiger charge is -2.44. The highest BCUT2D eigenvalue weighted by molar-refractivity contribution is 5.01. The minimum atomic E-state index is 0.729. The Kier molecular flexibility index (Phi) is 6.93. The van der Waals surface area contributed by atoms with Crippen LogP contribution in [0.25, 0.3) is 0 Å². The van der Waals surface area contributed by atoms with Crippen molar-refractivity contribution < 1.29 is 0 Å². The summed E-state index contributed by atoms with van der Waals surface area (Å²) in [5.41, 5.74) is 0. The first kappa shape index (κ1) is 21.5. The van der Waals surface area contributed by atoms with Crippen molar-refractivity contribution in [1.82, 2.24) is 19.6 Å². The fraction of sp³-hybridized carbons (Fsp3) is 1.00. The Morgan fingerprint density at radius 3 is 1.26 bits per heavy atom. The monoisotopic (exact) mass is 378 g/mol. The maximum atomic E-state index is 2.75. The van der Waals surface area contributed by atoms with Crippen LogP contribution in [0.2, 0.25) is 0 Å². The highest BCUT2D eigenvalue weighted by Gasteiger charge is 2.44. The zero-order valence-corrected chi connectivity index (χ0v) is 19.4. The summed E-state index contributed by atoms with van der Waals surface area (Å²) in [5, 5.41) is 0. The summed E-state index contributed by atoms with van der Waals surface area (Å²) in [7, 11) is 0. The third kappa shape index (κ3) is 4.55. The number of likely N-dealkylation sites (tertiary alicyclic amines) is 3. The zero-order chi connectivity index (χ0) is 19.9. The molecule has 4 heterocycles. The van der Waals surface area contributed by atoms with E-state index in [0.29, 0.717) is 0 Å². The quantitative estimate of drug-likeness (QED) is 0.742. The van der Waals surface area contributed by atoms with Crippen LogP contribution >= 0.6 is 0 Å². The molecule has 4 aliphatic rings. The van der Waals surface area contributed by atoms with Gasteiger partial charge in [-0.1, -0.05) is 0 Å². The van der Waals surface area contributed by atoms with Gasteiger partial charge < -0.3 is 0 Å². The van der Waals surface area contributed by atoms with Crippen LogP contribution in [0.15, 0.2) is 0 Å². The summed E-state index contributed by atoms with van der Waals surface area (Å²) in [6.45, 7) is 23.8. The topological polar surface area (TPSA) is 13.0 Å². The van der Waals surface area contributed by atoms with Crippen molar-refractivity contribution >= 4 is 0 Å². The fourth-order valence-corrected chi connectivity index (χ4v) is 6.23. The second kappa shape index (κ2) is 8.69. The molecule has 0 aromatic heterocycles. The lowest BCUT2D eigenvalue weighted by molar-refractivity contribution is 0.0292. The van der Waals surface area contributed by atoms with Gasteiger partial charge in [-0.2, -0.15) is 0 Å². The first-order valence-corrected chi connectivity index (χ1v) is 11.7. The van der Waals surface area contributed by atoms with Crippen molar-refractivity contribution in [1.29, 1.82) is 0 Å². The predicted octanol–water partition coefficient (Wildman–Crippen LogP) is 3.51. The molecule has 4 fully saturated rings. The molecule has 0 N–H and O–H groups in total. The summed E-state index contributed by atoms with van der Waals surface area (Å²) in [6, 6.07) is 6.34. The SMILES string of the molecule is CC(C)N1CC2CC1CN2C(C)C.CC(C)N1CC2CCC(C1)N2C(C)C. The molecular formula is C23H46N4. The molecule has 4 saturated heterocycles. The van der Waals surface area contributed by atoms with Gasteiger partial charge >= 0.3 is 0 Å². The lowest BCUT2D eigenvalue weighted by atomic mass is 10.1. The standard InChI is InChI=1S/C12H24N2.C11H22N2/c1-9(2)13-7-11-5-6-12(8-13)14(11)10(3)4;1-8(2)12-6-11-5-10(12)7-13(11)9(3)4/h9-12H,5-8H2,1-4H3;8-11H,5-7H2,1-4H3. The summed E-state index contributed by atoms with van der Waals surface area (Å²) < 4.78 is 0. The van der Waals surface area contributed by atoms with Crippen molar-refractivity contribution in [2.24, 2.45) is 0 Å². The van der Waals surface area contributed by atoms with Gasteiger partial charge in [0.25, 0.3) is 0 Å². The van der Waals surface area contributed by atoms with Gasteiger partial charge in [-0.3, -0.25) is 19.6 Å². The van der Waals surface area contributed by atoms with Crippen LogP contribution in [0, 0.1) is 0 Å². The molecule has 0 amide bonds. The Labute approximate surface area is 169 Å². The molecule has 4 unspecified atom stereocenters. The van der Waals surface area contributed by atoms with Crippen LogP contribution in [0.3, 0.4) is 0 Å². The fourth-order valence-electron chi connectivity index (χ4n) is 6.23. The van der Waals surface area contributed by atoms with Gasteiger partial charge in [0.15, 0.2) is 0 Å². The Morgan fingerprint density at radius 2 is 0.963 bits per heavy atom. The normalized spacial score (nSPS) is 35.1. The smallest absolute Gasteiger partial charge is 0.0242 e. The number of piperazine rings is 2. The molecule has 0 aliphatic carbocycles. The van der Waals surface area contributed by atoms with Gasteiger partial charge in [0.2, 0.25) is 0 Å². The first-order valence-electron chi connectivity index (χ1n) is 11.7. The van der Waals surface area contributed by atoms with Crippen LogP contribution in [0.1, 0.15) is 74.7 Å². The molecule has 4 heteroatoms. The molecule has 4 atom stereocenters. The first-order chi connectivity index (χ1) is 12.7. The third-order valence-electron chi connectivity index (χ3n) is 7.55. The van der Waals surface area contributed by atoms with E-state index in [-0.39, 0.29) is 0 Å². The van der Waals surface area contributed by atoms with E-state index in [1.54, 1.807) is 0 Å². The van der Waals surface area contributed by atoms with Crippen LogP contribution < -0.4 is 0 Å². The van der Waals surface area contributed by atoms with E-state index >= 15 is 0 Å². The van der Waals surface area contributed by atoms with Gasteiger partial charge in [0.05, 0.1) is 0 Å². The van der Waals surface area contributed by atoms with Gasteiger partial charge in [-0.05, 0) is 74.7 Å². The minimum absolute atomic E-state index is 0.729. The largest absolute Gasteiger partial charge is 0.298 e. The Morgan fingerprint density at radius 1 is 0.519 bits per heavy atom. The lowest BCUT2D eigenvalue weighted by Crippen LogP contribution is -2.57. The zero-order valence-electron chi connectivity index (χ0n) is 19.4. The molecule has 4 rings (SSSR count). The number of hydrogen-bond acceptors (Lipinski definition) is 4.